The predicted molar refractivity (Wildman–Crippen MR) is 93.6 cm³/mol. The van der Waals surface area contributed by atoms with Gasteiger partial charge in [-0.05, 0) is 30.9 Å². The number of carbonyl (C=O) groups is 2. The largest absolute Gasteiger partial charge is 0.372 e. The van der Waals surface area contributed by atoms with E-state index < -0.39 is 0 Å². The Hall–Kier alpha value is -2.04. The van der Waals surface area contributed by atoms with Crippen LogP contribution >= 0.6 is 0 Å². The van der Waals surface area contributed by atoms with E-state index >= 15 is 0 Å². The fourth-order valence-corrected chi connectivity index (χ4v) is 2.79. The van der Waals surface area contributed by atoms with Crippen molar-refractivity contribution in [2.45, 2.75) is 46.1 Å². The maximum atomic E-state index is 12.8. The van der Waals surface area contributed by atoms with E-state index in [4.69, 9.17) is 0 Å². The molecule has 0 spiro atoms. The summed E-state index contributed by atoms with van der Waals surface area (Å²) in [6.45, 7) is 7.01. The first-order chi connectivity index (χ1) is 11.0. The molecule has 1 aliphatic heterocycles. The van der Waals surface area contributed by atoms with Gasteiger partial charge in [0.05, 0.1) is 11.4 Å². The number of benzene rings is 1. The molecule has 1 atom stereocenters. The number of anilines is 2. The van der Waals surface area contributed by atoms with Gasteiger partial charge in [-0.3, -0.25) is 14.5 Å². The van der Waals surface area contributed by atoms with E-state index in [9.17, 15) is 9.59 Å². The number of unbranched alkanes of at least 4 members (excludes halogenated alkanes) is 1. The van der Waals surface area contributed by atoms with Gasteiger partial charge in [0.25, 0.3) is 0 Å². The molecular formula is C18H27N3O2. The molecule has 23 heavy (non-hydrogen) atoms. The number of hydrogen-bond acceptors (Lipinski definition) is 3. The standard InChI is InChI=1S/C18H27N3O2/c1-4-5-10-19-17(22)12-21-16-9-7-6-8-14(16)20-15(18(21)23)11-13(2)3/h6-9,13,15,20H,4-5,10-12H2,1-3H3,(H,19,22). The van der Waals surface area contributed by atoms with Crippen molar-refractivity contribution in [3.63, 3.8) is 0 Å². The summed E-state index contributed by atoms with van der Waals surface area (Å²) in [6, 6.07) is 7.39. The Bertz CT molecular complexity index is 557. The van der Waals surface area contributed by atoms with E-state index in [1.165, 1.54) is 0 Å². The number of fused-ring (bicyclic) bond motifs is 1. The Morgan fingerprint density at radius 2 is 2.09 bits per heavy atom. The first-order valence-corrected chi connectivity index (χ1v) is 8.46. The van der Waals surface area contributed by atoms with Gasteiger partial charge in [0.15, 0.2) is 0 Å². The molecule has 0 saturated carbocycles. The SMILES string of the molecule is CCCCNC(=O)CN1C(=O)C(CC(C)C)Nc2ccccc21. The van der Waals surface area contributed by atoms with Crippen molar-refractivity contribution in [1.29, 1.82) is 0 Å². The van der Waals surface area contributed by atoms with Crippen LogP contribution in [0.25, 0.3) is 0 Å². The molecule has 126 valence electrons. The van der Waals surface area contributed by atoms with Gasteiger partial charge in [0, 0.05) is 6.54 Å². The molecule has 0 saturated heterocycles. The molecule has 1 unspecified atom stereocenters. The average molecular weight is 317 g/mol. The summed E-state index contributed by atoms with van der Waals surface area (Å²) in [5.41, 5.74) is 1.70. The predicted octanol–water partition coefficient (Wildman–Crippen LogP) is 2.78. The molecule has 1 heterocycles. The Morgan fingerprint density at radius 1 is 1.35 bits per heavy atom. The van der Waals surface area contributed by atoms with Gasteiger partial charge in [0.2, 0.25) is 11.8 Å². The fourth-order valence-electron chi connectivity index (χ4n) is 2.79. The summed E-state index contributed by atoms with van der Waals surface area (Å²) >= 11 is 0. The third-order valence-electron chi connectivity index (χ3n) is 3.95. The van der Waals surface area contributed by atoms with Crippen molar-refractivity contribution in [3.05, 3.63) is 24.3 Å². The number of amides is 2. The van der Waals surface area contributed by atoms with Crippen LogP contribution in [0.15, 0.2) is 24.3 Å². The fraction of sp³-hybridized carbons (Fsp3) is 0.556. The Morgan fingerprint density at radius 3 is 2.78 bits per heavy atom. The summed E-state index contributed by atoms with van der Waals surface area (Å²) in [5.74, 6) is 0.275. The van der Waals surface area contributed by atoms with Crippen LogP contribution in [0.1, 0.15) is 40.0 Å². The van der Waals surface area contributed by atoms with Crippen LogP contribution in [-0.4, -0.2) is 30.9 Å². The highest BCUT2D eigenvalue weighted by Crippen LogP contribution is 2.32. The van der Waals surface area contributed by atoms with Gasteiger partial charge in [0.1, 0.15) is 12.6 Å². The summed E-state index contributed by atoms with van der Waals surface area (Å²) < 4.78 is 0. The van der Waals surface area contributed by atoms with Gasteiger partial charge in [-0.15, -0.1) is 0 Å². The molecule has 1 aromatic rings. The minimum Gasteiger partial charge on any atom is -0.372 e. The number of nitrogens with zero attached hydrogens (tertiary/aromatic N) is 1. The molecule has 2 rings (SSSR count). The number of hydrogen-bond donors (Lipinski definition) is 2. The lowest BCUT2D eigenvalue weighted by Gasteiger charge is -2.35. The molecule has 0 aliphatic carbocycles. The lowest BCUT2D eigenvalue weighted by atomic mass is 9.99. The normalized spacial score (nSPS) is 17.0. The van der Waals surface area contributed by atoms with Gasteiger partial charge >= 0.3 is 0 Å². The number of para-hydroxylation sites is 2. The van der Waals surface area contributed by atoms with E-state index in [0.717, 1.165) is 30.6 Å². The molecule has 1 aromatic carbocycles. The van der Waals surface area contributed by atoms with E-state index in [0.29, 0.717) is 12.5 Å². The number of carbonyl (C=O) groups excluding carboxylic acids is 2. The molecule has 2 amide bonds. The third kappa shape index (κ3) is 4.47. The summed E-state index contributed by atoms with van der Waals surface area (Å²) in [5, 5.41) is 6.20. The molecule has 0 radical (unpaired) electrons. The first-order valence-electron chi connectivity index (χ1n) is 8.46. The summed E-state index contributed by atoms with van der Waals surface area (Å²) in [6.07, 6.45) is 2.74. The van der Waals surface area contributed by atoms with Crippen LogP contribution in [0.2, 0.25) is 0 Å². The average Bonchev–Trinajstić information content (AvgIpc) is 2.51. The number of nitrogens with one attached hydrogen (secondary N) is 2. The molecule has 1 aliphatic rings. The highest BCUT2D eigenvalue weighted by molar-refractivity contribution is 6.07. The van der Waals surface area contributed by atoms with Crippen molar-refractivity contribution in [1.82, 2.24) is 5.32 Å². The summed E-state index contributed by atoms with van der Waals surface area (Å²) in [7, 11) is 0. The zero-order valence-corrected chi connectivity index (χ0v) is 14.3. The minimum absolute atomic E-state index is 0.0250. The van der Waals surface area contributed by atoms with E-state index in [1.807, 2.05) is 24.3 Å². The highest BCUT2D eigenvalue weighted by Gasteiger charge is 2.33. The van der Waals surface area contributed by atoms with Crippen molar-refractivity contribution in [2.75, 3.05) is 23.3 Å². The lowest BCUT2D eigenvalue weighted by molar-refractivity contribution is -0.124. The lowest BCUT2D eigenvalue weighted by Crippen LogP contribution is -2.51. The third-order valence-corrected chi connectivity index (χ3v) is 3.95. The Balaban J connectivity index is 2.14. The maximum Gasteiger partial charge on any atom is 0.250 e. The van der Waals surface area contributed by atoms with Crippen LogP contribution in [0.3, 0.4) is 0 Å². The van der Waals surface area contributed by atoms with Crippen molar-refractivity contribution in [3.8, 4) is 0 Å². The van der Waals surface area contributed by atoms with Crippen molar-refractivity contribution < 1.29 is 9.59 Å². The minimum atomic E-state index is -0.270. The van der Waals surface area contributed by atoms with Crippen LogP contribution in [0.4, 0.5) is 11.4 Å². The van der Waals surface area contributed by atoms with Crippen LogP contribution < -0.4 is 15.5 Å². The second kappa shape index (κ2) is 7.99. The second-order valence-electron chi connectivity index (χ2n) is 6.47. The van der Waals surface area contributed by atoms with E-state index in [-0.39, 0.29) is 24.4 Å². The summed E-state index contributed by atoms with van der Waals surface area (Å²) in [4.78, 5) is 26.5. The Kier molecular flexibility index (Phi) is 6.02. The van der Waals surface area contributed by atoms with E-state index in [2.05, 4.69) is 31.4 Å². The molecular weight excluding hydrogens is 290 g/mol. The van der Waals surface area contributed by atoms with Gasteiger partial charge in [-0.1, -0.05) is 39.3 Å². The quantitative estimate of drug-likeness (QED) is 0.760. The van der Waals surface area contributed by atoms with Crippen molar-refractivity contribution in [2.24, 2.45) is 5.92 Å². The monoisotopic (exact) mass is 317 g/mol. The molecule has 2 N–H and O–H groups in total. The van der Waals surface area contributed by atoms with Gasteiger partial charge < -0.3 is 10.6 Å². The molecule has 5 nitrogen and oxygen atoms in total. The molecule has 0 bridgehead atoms. The van der Waals surface area contributed by atoms with Gasteiger partial charge in [-0.25, -0.2) is 0 Å². The van der Waals surface area contributed by atoms with Crippen LogP contribution in [-0.2, 0) is 9.59 Å². The van der Waals surface area contributed by atoms with Crippen molar-refractivity contribution >= 4 is 23.2 Å². The zero-order valence-electron chi connectivity index (χ0n) is 14.3. The maximum absolute atomic E-state index is 12.8. The topological polar surface area (TPSA) is 61.4 Å². The van der Waals surface area contributed by atoms with Crippen LogP contribution in [0, 0.1) is 5.92 Å². The Labute approximate surface area is 138 Å². The number of rotatable bonds is 7. The molecule has 0 fully saturated rings. The van der Waals surface area contributed by atoms with Crippen LogP contribution in [0.5, 0.6) is 0 Å². The molecule has 0 aromatic heterocycles. The first kappa shape index (κ1) is 17.3. The highest BCUT2D eigenvalue weighted by atomic mass is 16.2. The van der Waals surface area contributed by atoms with E-state index in [1.54, 1.807) is 4.90 Å². The smallest absolute Gasteiger partial charge is 0.250 e. The molecule has 5 heteroatoms. The van der Waals surface area contributed by atoms with Gasteiger partial charge in [-0.2, -0.15) is 0 Å². The second-order valence-corrected chi connectivity index (χ2v) is 6.47. The zero-order chi connectivity index (χ0) is 16.8.